The molecule has 9 heteroatoms. The molecule has 0 spiro atoms. The fourth-order valence-electron chi connectivity index (χ4n) is 2.33. The summed E-state index contributed by atoms with van der Waals surface area (Å²) in [6.45, 7) is 3.20. The maximum atomic E-state index is 12.0. The van der Waals surface area contributed by atoms with Crippen LogP contribution in [0.5, 0.6) is 0 Å². The predicted octanol–water partition coefficient (Wildman–Crippen LogP) is 2.66. The summed E-state index contributed by atoms with van der Waals surface area (Å²) in [4.78, 5) is 47.0. The summed E-state index contributed by atoms with van der Waals surface area (Å²) in [5.41, 5.74) is 3.15. The highest BCUT2D eigenvalue weighted by Crippen LogP contribution is 2.14. The van der Waals surface area contributed by atoms with Gasteiger partial charge in [-0.25, -0.2) is 9.59 Å². The molecule has 2 rings (SSSR count). The van der Waals surface area contributed by atoms with Crippen LogP contribution in [-0.4, -0.2) is 30.4 Å². The van der Waals surface area contributed by atoms with Crippen molar-refractivity contribution in [1.29, 1.82) is 5.26 Å². The molecule has 0 atom stereocenters. The van der Waals surface area contributed by atoms with E-state index in [9.17, 15) is 19.2 Å². The molecule has 0 saturated carbocycles. The number of anilines is 2. The number of rotatable bonds is 6. The number of ether oxygens (including phenoxy) is 1. The molecular formula is C21H20N4O5. The number of carbonyl (C=O) groups is 4. The predicted molar refractivity (Wildman–Crippen MR) is 109 cm³/mol. The van der Waals surface area contributed by atoms with Crippen LogP contribution in [0.3, 0.4) is 0 Å². The van der Waals surface area contributed by atoms with Crippen LogP contribution in [0.25, 0.3) is 0 Å². The van der Waals surface area contributed by atoms with Crippen LogP contribution in [0.1, 0.15) is 27.9 Å². The van der Waals surface area contributed by atoms with E-state index >= 15 is 0 Å². The third-order valence-corrected chi connectivity index (χ3v) is 4.00. The standard InChI is InChI=1S/C21H20N4O5/c1-13-3-6-17(11-14(13)2)24-21(29)25-19(27)12-30-20(28)15-4-7-16(8-5-15)23-18(26)9-10-22/h3-8,11H,9,12H2,1-2H3,(H,23,26)(H2,24,25,27,29). The van der Waals surface area contributed by atoms with E-state index in [0.29, 0.717) is 11.4 Å². The molecule has 154 valence electrons. The van der Waals surface area contributed by atoms with Crippen molar-refractivity contribution in [3.8, 4) is 6.07 Å². The molecule has 0 aliphatic carbocycles. The number of nitriles is 1. The van der Waals surface area contributed by atoms with Gasteiger partial charge in [-0.3, -0.25) is 14.9 Å². The summed E-state index contributed by atoms with van der Waals surface area (Å²) in [7, 11) is 0. The Kier molecular flexibility index (Phi) is 7.65. The highest BCUT2D eigenvalue weighted by molar-refractivity contribution is 6.02. The monoisotopic (exact) mass is 408 g/mol. The average Bonchev–Trinajstić information content (AvgIpc) is 2.69. The second kappa shape index (κ2) is 10.4. The molecule has 0 radical (unpaired) electrons. The zero-order valence-electron chi connectivity index (χ0n) is 16.4. The van der Waals surface area contributed by atoms with Crippen molar-refractivity contribution in [3.05, 3.63) is 59.2 Å². The van der Waals surface area contributed by atoms with Crippen molar-refractivity contribution >= 4 is 35.2 Å². The number of hydrogen-bond donors (Lipinski definition) is 3. The molecule has 30 heavy (non-hydrogen) atoms. The number of benzene rings is 2. The zero-order valence-corrected chi connectivity index (χ0v) is 16.4. The van der Waals surface area contributed by atoms with Crippen LogP contribution in [0, 0.1) is 25.2 Å². The van der Waals surface area contributed by atoms with Gasteiger partial charge >= 0.3 is 12.0 Å². The zero-order chi connectivity index (χ0) is 22.1. The van der Waals surface area contributed by atoms with Crippen LogP contribution in [0.4, 0.5) is 16.2 Å². The van der Waals surface area contributed by atoms with Crippen molar-refractivity contribution < 1.29 is 23.9 Å². The van der Waals surface area contributed by atoms with Gasteiger partial charge in [-0.05, 0) is 61.4 Å². The molecule has 0 aromatic heterocycles. The summed E-state index contributed by atoms with van der Waals surface area (Å²) in [6.07, 6.45) is -0.282. The summed E-state index contributed by atoms with van der Waals surface area (Å²) in [6, 6.07) is 12.0. The molecule has 3 N–H and O–H groups in total. The first kappa shape index (κ1) is 22.1. The fraction of sp³-hybridized carbons (Fsp3) is 0.190. The molecule has 9 nitrogen and oxygen atoms in total. The molecule has 2 aromatic rings. The Morgan fingerprint density at radius 1 is 0.900 bits per heavy atom. The van der Waals surface area contributed by atoms with Crippen LogP contribution in [0.15, 0.2) is 42.5 Å². The Labute approximate surface area is 173 Å². The quantitative estimate of drug-likeness (QED) is 0.628. The normalized spacial score (nSPS) is 9.77. The Morgan fingerprint density at radius 2 is 1.57 bits per heavy atom. The maximum absolute atomic E-state index is 12.0. The van der Waals surface area contributed by atoms with Gasteiger partial charge in [0, 0.05) is 11.4 Å². The summed E-state index contributed by atoms with van der Waals surface area (Å²) in [5.74, 6) is -2.02. The van der Waals surface area contributed by atoms with Gasteiger partial charge in [0.1, 0.15) is 6.42 Å². The van der Waals surface area contributed by atoms with Gasteiger partial charge in [0.15, 0.2) is 6.61 Å². The second-order valence-electron chi connectivity index (χ2n) is 6.34. The topological polar surface area (TPSA) is 137 Å². The first-order valence-electron chi connectivity index (χ1n) is 8.90. The van der Waals surface area contributed by atoms with Crippen molar-refractivity contribution in [2.24, 2.45) is 0 Å². The van der Waals surface area contributed by atoms with Gasteiger partial charge in [0.2, 0.25) is 5.91 Å². The highest BCUT2D eigenvalue weighted by Gasteiger charge is 2.13. The molecule has 0 bridgehead atoms. The van der Waals surface area contributed by atoms with E-state index < -0.39 is 30.4 Å². The lowest BCUT2D eigenvalue weighted by molar-refractivity contribution is -0.123. The molecular weight excluding hydrogens is 388 g/mol. The molecule has 0 aliphatic rings. The Balaban J connectivity index is 1.80. The first-order valence-corrected chi connectivity index (χ1v) is 8.90. The minimum atomic E-state index is -0.787. The number of esters is 1. The molecule has 0 saturated heterocycles. The van der Waals surface area contributed by atoms with Gasteiger partial charge in [0.25, 0.3) is 5.91 Å². The third-order valence-electron chi connectivity index (χ3n) is 4.00. The van der Waals surface area contributed by atoms with E-state index in [1.807, 2.05) is 19.9 Å². The highest BCUT2D eigenvalue weighted by atomic mass is 16.5. The van der Waals surface area contributed by atoms with Gasteiger partial charge in [-0.1, -0.05) is 6.07 Å². The Bertz CT molecular complexity index is 1010. The van der Waals surface area contributed by atoms with Gasteiger partial charge < -0.3 is 15.4 Å². The molecule has 0 heterocycles. The van der Waals surface area contributed by atoms with E-state index in [1.54, 1.807) is 18.2 Å². The largest absolute Gasteiger partial charge is 0.452 e. The minimum Gasteiger partial charge on any atom is -0.452 e. The van der Waals surface area contributed by atoms with E-state index in [1.165, 1.54) is 24.3 Å². The molecule has 0 fully saturated rings. The Hall–Kier alpha value is -4.19. The van der Waals surface area contributed by atoms with Gasteiger partial charge in [0.05, 0.1) is 11.6 Å². The summed E-state index contributed by atoms with van der Waals surface area (Å²) in [5, 5.41) is 15.5. The number of hydrogen-bond acceptors (Lipinski definition) is 6. The number of amides is 4. The van der Waals surface area contributed by atoms with Crippen LogP contribution >= 0.6 is 0 Å². The van der Waals surface area contributed by atoms with E-state index in [4.69, 9.17) is 10.00 Å². The van der Waals surface area contributed by atoms with Crippen LogP contribution < -0.4 is 16.0 Å². The lowest BCUT2D eigenvalue weighted by Gasteiger charge is -2.09. The number of nitrogens with one attached hydrogen (secondary N) is 3. The summed E-state index contributed by atoms with van der Waals surface area (Å²) >= 11 is 0. The SMILES string of the molecule is Cc1ccc(NC(=O)NC(=O)COC(=O)c2ccc(NC(=O)CC#N)cc2)cc1C. The van der Waals surface area contributed by atoms with Gasteiger partial charge in [-0.15, -0.1) is 0 Å². The minimum absolute atomic E-state index is 0.153. The van der Waals surface area contributed by atoms with E-state index in [-0.39, 0.29) is 12.0 Å². The lowest BCUT2D eigenvalue weighted by atomic mass is 10.1. The van der Waals surface area contributed by atoms with Crippen LogP contribution in [-0.2, 0) is 14.3 Å². The van der Waals surface area contributed by atoms with Gasteiger partial charge in [-0.2, -0.15) is 5.26 Å². The molecule has 4 amide bonds. The smallest absolute Gasteiger partial charge is 0.338 e. The number of urea groups is 1. The number of aryl methyl sites for hydroxylation is 2. The fourth-order valence-corrected chi connectivity index (χ4v) is 2.33. The number of imide groups is 1. The third kappa shape index (κ3) is 6.76. The van der Waals surface area contributed by atoms with Crippen molar-refractivity contribution in [1.82, 2.24) is 5.32 Å². The summed E-state index contributed by atoms with van der Waals surface area (Å²) < 4.78 is 4.87. The maximum Gasteiger partial charge on any atom is 0.338 e. The van der Waals surface area contributed by atoms with Crippen LogP contribution in [0.2, 0.25) is 0 Å². The van der Waals surface area contributed by atoms with Crippen molar-refractivity contribution in [2.75, 3.05) is 17.2 Å². The molecule has 0 unspecified atom stereocenters. The van der Waals surface area contributed by atoms with E-state index in [2.05, 4.69) is 16.0 Å². The van der Waals surface area contributed by atoms with Crippen molar-refractivity contribution in [2.45, 2.75) is 20.3 Å². The molecule has 0 aliphatic heterocycles. The number of carbonyl (C=O) groups excluding carboxylic acids is 4. The van der Waals surface area contributed by atoms with Crippen molar-refractivity contribution in [3.63, 3.8) is 0 Å². The first-order chi connectivity index (χ1) is 14.3. The number of nitrogens with zero attached hydrogens (tertiary/aromatic N) is 1. The molecule has 2 aromatic carbocycles. The average molecular weight is 408 g/mol. The van der Waals surface area contributed by atoms with E-state index in [0.717, 1.165) is 11.1 Å². The Morgan fingerprint density at radius 3 is 2.20 bits per heavy atom. The lowest BCUT2D eigenvalue weighted by Crippen LogP contribution is -2.37. The second-order valence-corrected chi connectivity index (χ2v) is 6.34.